The van der Waals surface area contributed by atoms with E-state index in [4.69, 9.17) is 0 Å². The molecule has 0 amide bonds. The second-order valence-electron chi connectivity index (χ2n) is 4.28. The van der Waals surface area contributed by atoms with Gasteiger partial charge in [-0.1, -0.05) is 20.8 Å². The number of hydrogen-bond donors (Lipinski definition) is 1. The minimum atomic E-state index is 0.335. The molecule has 0 saturated carbocycles. The van der Waals surface area contributed by atoms with E-state index in [0.717, 1.165) is 17.8 Å². The molecular weight excluding hydrogens is 136 g/mol. The van der Waals surface area contributed by atoms with Crippen LogP contribution < -0.4 is 0 Å². The van der Waals surface area contributed by atoms with Crippen LogP contribution in [0.2, 0.25) is 0 Å². The first kappa shape index (κ1) is 8.31. The summed E-state index contributed by atoms with van der Waals surface area (Å²) in [7, 11) is 0. The summed E-state index contributed by atoms with van der Waals surface area (Å²) in [5, 5.41) is 7.12. The smallest absolute Gasteiger partial charge is 0.0630 e. The summed E-state index contributed by atoms with van der Waals surface area (Å²) < 4.78 is 0. The molecule has 2 heteroatoms. The number of aromatic amines is 1. The monoisotopic (exact) mass is 152 g/mol. The first-order chi connectivity index (χ1) is 4.97. The molecule has 0 bridgehead atoms. The Morgan fingerprint density at radius 3 is 2.45 bits per heavy atom. The molecule has 0 atom stereocenters. The number of H-pyrrole nitrogens is 1. The SMILES string of the molecule is Cc1cc(CC(C)(C)C)n[nH]1. The summed E-state index contributed by atoms with van der Waals surface area (Å²) in [6.45, 7) is 8.68. The number of aromatic nitrogens is 2. The van der Waals surface area contributed by atoms with Gasteiger partial charge in [0.05, 0.1) is 5.69 Å². The van der Waals surface area contributed by atoms with Crippen LogP contribution >= 0.6 is 0 Å². The van der Waals surface area contributed by atoms with E-state index in [1.165, 1.54) is 0 Å². The van der Waals surface area contributed by atoms with Gasteiger partial charge < -0.3 is 0 Å². The second-order valence-corrected chi connectivity index (χ2v) is 4.28. The highest BCUT2D eigenvalue weighted by molar-refractivity contribution is 5.07. The fourth-order valence-electron chi connectivity index (χ4n) is 1.11. The normalized spacial score (nSPS) is 12.0. The third-order valence-corrected chi connectivity index (χ3v) is 1.47. The number of rotatable bonds is 1. The van der Waals surface area contributed by atoms with E-state index in [9.17, 15) is 0 Å². The highest BCUT2D eigenvalue weighted by Crippen LogP contribution is 2.19. The molecule has 0 aliphatic carbocycles. The topological polar surface area (TPSA) is 28.7 Å². The van der Waals surface area contributed by atoms with Crippen LogP contribution in [-0.4, -0.2) is 10.2 Å². The van der Waals surface area contributed by atoms with Gasteiger partial charge in [0.2, 0.25) is 0 Å². The van der Waals surface area contributed by atoms with Gasteiger partial charge in [0.25, 0.3) is 0 Å². The maximum Gasteiger partial charge on any atom is 0.0630 e. The van der Waals surface area contributed by atoms with Gasteiger partial charge >= 0.3 is 0 Å². The van der Waals surface area contributed by atoms with Gasteiger partial charge in [-0.25, -0.2) is 0 Å². The van der Waals surface area contributed by atoms with E-state index in [0.29, 0.717) is 5.41 Å². The third-order valence-electron chi connectivity index (χ3n) is 1.47. The highest BCUT2D eigenvalue weighted by Gasteiger charge is 2.12. The minimum Gasteiger partial charge on any atom is -0.283 e. The zero-order valence-corrected chi connectivity index (χ0v) is 7.73. The van der Waals surface area contributed by atoms with Crippen molar-refractivity contribution in [1.29, 1.82) is 0 Å². The molecule has 0 spiro atoms. The van der Waals surface area contributed by atoms with Crippen LogP contribution in [0.1, 0.15) is 32.2 Å². The lowest BCUT2D eigenvalue weighted by Crippen LogP contribution is -2.09. The van der Waals surface area contributed by atoms with E-state index in [-0.39, 0.29) is 0 Å². The number of aryl methyl sites for hydroxylation is 1. The van der Waals surface area contributed by atoms with Crippen LogP contribution in [0.3, 0.4) is 0 Å². The van der Waals surface area contributed by atoms with Crippen molar-refractivity contribution in [2.45, 2.75) is 34.1 Å². The van der Waals surface area contributed by atoms with Gasteiger partial charge in [0.1, 0.15) is 0 Å². The van der Waals surface area contributed by atoms with E-state index in [2.05, 4.69) is 37.0 Å². The largest absolute Gasteiger partial charge is 0.283 e. The maximum atomic E-state index is 4.18. The molecule has 2 nitrogen and oxygen atoms in total. The molecule has 11 heavy (non-hydrogen) atoms. The molecule has 0 radical (unpaired) electrons. The maximum absolute atomic E-state index is 4.18. The molecule has 0 unspecified atom stereocenters. The van der Waals surface area contributed by atoms with Gasteiger partial charge in [0, 0.05) is 5.69 Å². The van der Waals surface area contributed by atoms with Crippen LogP contribution in [0, 0.1) is 12.3 Å². The minimum absolute atomic E-state index is 0.335. The van der Waals surface area contributed by atoms with E-state index in [1.807, 2.05) is 6.92 Å². The standard InChI is InChI=1S/C9H16N2/c1-7-5-8(11-10-7)6-9(2,3)4/h5H,6H2,1-4H3,(H,10,11). The predicted octanol–water partition coefficient (Wildman–Crippen LogP) is 2.31. The Kier molecular flexibility index (Phi) is 2.03. The number of nitrogens with one attached hydrogen (secondary N) is 1. The van der Waals surface area contributed by atoms with Crippen molar-refractivity contribution in [2.75, 3.05) is 0 Å². The average Bonchev–Trinajstić information content (AvgIpc) is 2.10. The van der Waals surface area contributed by atoms with Crippen molar-refractivity contribution < 1.29 is 0 Å². The number of hydrogen-bond acceptors (Lipinski definition) is 1. The van der Waals surface area contributed by atoms with E-state index >= 15 is 0 Å². The van der Waals surface area contributed by atoms with E-state index in [1.54, 1.807) is 0 Å². The highest BCUT2D eigenvalue weighted by atomic mass is 15.1. The summed E-state index contributed by atoms with van der Waals surface area (Å²) in [6.07, 6.45) is 1.04. The molecule has 0 aliphatic rings. The lowest BCUT2D eigenvalue weighted by Gasteiger charge is -2.15. The molecule has 1 N–H and O–H groups in total. The third kappa shape index (κ3) is 2.74. The molecule has 62 valence electrons. The molecule has 1 aromatic heterocycles. The quantitative estimate of drug-likeness (QED) is 0.657. The van der Waals surface area contributed by atoms with Gasteiger partial charge in [-0.05, 0) is 24.8 Å². The Balaban J connectivity index is 2.65. The van der Waals surface area contributed by atoms with Crippen molar-refractivity contribution in [3.05, 3.63) is 17.5 Å². The lowest BCUT2D eigenvalue weighted by atomic mass is 9.91. The van der Waals surface area contributed by atoms with E-state index < -0.39 is 0 Å². The van der Waals surface area contributed by atoms with Crippen LogP contribution in [0.4, 0.5) is 0 Å². The van der Waals surface area contributed by atoms with Crippen molar-refractivity contribution in [3.63, 3.8) is 0 Å². The summed E-state index contributed by atoms with van der Waals surface area (Å²) in [4.78, 5) is 0. The Labute approximate surface area is 68.0 Å². The second kappa shape index (κ2) is 2.68. The Morgan fingerprint density at radius 2 is 2.09 bits per heavy atom. The van der Waals surface area contributed by atoms with Crippen molar-refractivity contribution in [3.8, 4) is 0 Å². The van der Waals surface area contributed by atoms with Crippen molar-refractivity contribution >= 4 is 0 Å². The van der Waals surface area contributed by atoms with Crippen molar-refractivity contribution in [2.24, 2.45) is 5.41 Å². The summed E-state index contributed by atoms with van der Waals surface area (Å²) in [5.41, 5.74) is 2.64. The van der Waals surface area contributed by atoms with Gasteiger partial charge in [0.15, 0.2) is 0 Å². The molecule has 0 saturated heterocycles. The van der Waals surface area contributed by atoms with Gasteiger partial charge in [-0.3, -0.25) is 5.10 Å². The molecular formula is C9H16N2. The van der Waals surface area contributed by atoms with Crippen molar-refractivity contribution in [1.82, 2.24) is 10.2 Å². The van der Waals surface area contributed by atoms with Gasteiger partial charge in [-0.2, -0.15) is 5.10 Å². The molecule has 1 aromatic rings. The fraction of sp³-hybridized carbons (Fsp3) is 0.667. The van der Waals surface area contributed by atoms with Crippen LogP contribution in [0.5, 0.6) is 0 Å². The summed E-state index contributed by atoms with van der Waals surface area (Å²) >= 11 is 0. The predicted molar refractivity (Wildman–Crippen MR) is 46.5 cm³/mol. The Morgan fingerprint density at radius 1 is 1.45 bits per heavy atom. The van der Waals surface area contributed by atoms with Gasteiger partial charge in [-0.15, -0.1) is 0 Å². The average molecular weight is 152 g/mol. The molecule has 0 aliphatic heterocycles. The zero-order valence-electron chi connectivity index (χ0n) is 7.73. The molecule has 1 heterocycles. The number of nitrogens with zero attached hydrogens (tertiary/aromatic N) is 1. The summed E-state index contributed by atoms with van der Waals surface area (Å²) in [5.74, 6) is 0. The van der Waals surface area contributed by atoms with Crippen LogP contribution in [0.15, 0.2) is 6.07 Å². The first-order valence-corrected chi connectivity index (χ1v) is 3.98. The van der Waals surface area contributed by atoms with Crippen LogP contribution in [0.25, 0.3) is 0 Å². The Hall–Kier alpha value is -0.790. The van der Waals surface area contributed by atoms with Crippen LogP contribution in [-0.2, 0) is 6.42 Å². The first-order valence-electron chi connectivity index (χ1n) is 3.98. The summed E-state index contributed by atoms with van der Waals surface area (Å²) in [6, 6.07) is 2.10. The fourth-order valence-corrected chi connectivity index (χ4v) is 1.11. The zero-order chi connectivity index (χ0) is 8.48. The Bertz CT molecular complexity index is 230. The molecule has 1 rings (SSSR count). The molecule has 0 aromatic carbocycles. The lowest BCUT2D eigenvalue weighted by molar-refractivity contribution is 0.406. The molecule has 0 fully saturated rings.